The summed E-state index contributed by atoms with van der Waals surface area (Å²) in [7, 11) is 0. The molecular weight excluding hydrogens is 202 g/mol. The zero-order valence-electron chi connectivity index (χ0n) is 8.90. The third-order valence-electron chi connectivity index (χ3n) is 2.59. The maximum atomic E-state index is 4.95. The highest BCUT2D eigenvalue weighted by molar-refractivity contribution is 5.83. The van der Waals surface area contributed by atoms with Gasteiger partial charge in [-0.1, -0.05) is 23.4 Å². The van der Waals surface area contributed by atoms with E-state index in [2.05, 4.69) is 27.3 Å². The Bertz CT molecular complexity index is 624. The molecule has 0 aliphatic rings. The van der Waals surface area contributed by atoms with Crippen LogP contribution < -0.4 is 0 Å². The van der Waals surface area contributed by atoms with E-state index in [0.717, 1.165) is 11.3 Å². The third kappa shape index (κ3) is 1.48. The van der Waals surface area contributed by atoms with E-state index in [9.17, 15) is 0 Å². The molecule has 0 fully saturated rings. The van der Waals surface area contributed by atoms with Gasteiger partial charge in [0.2, 0.25) is 5.89 Å². The standard InChI is InChI=1S/C12H11N3O/c1-8-14-12(15-16-8)6-9-7-13-11-5-3-2-4-10(9)11/h2-5,7,13H,6H2,1H3. The first-order valence-electron chi connectivity index (χ1n) is 5.17. The summed E-state index contributed by atoms with van der Waals surface area (Å²) in [5.74, 6) is 1.33. The first-order chi connectivity index (χ1) is 7.83. The zero-order chi connectivity index (χ0) is 11.0. The fourth-order valence-corrected chi connectivity index (χ4v) is 1.86. The number of H-pyrrole nitrogens is 1. The van der Waals surface area contributed by atoms with Crippen LogP contribution in [0.4, 0.5) is 0 Å². The normalized spacial score (nSPS) is 11.1. The highest BCUT2D eigenvalue weighted by Gasteiger charge is 2.07. The molecule has 0 radical (unpaired) electrons. The Morgan fingerprint density at radius 2 is 2.19 bits per heavy atom. The molecule has 0 atom stereocenters. The van der Waals surface area contributed by atoms with Crippen LogP contribution in [0.5, 0.6) is 0 Å². The molecule has 4 heteroatoms. The minimum absolute atomic E-state index is 0.606. The Balaban J connectivity index is 2.00. The summed E-state index contributed by atoms with van der Waals surface area (Å²) < 4.78 is 4.95. The maximum Gasteiger partial charge on any atom is 0.223 e. The van der Waals surface area contributed by atoms with Crippen LogP contribution in [0.3, 0.4) is 0 Å². The van der Waals surface area contributed by atoms with Crippen LogP contribution in [0.2, 0.25) is 0 Å². The fraction of sp³-hybridized carbons (Fsp3) is 0.167. The number of aryl methyl sites for hydroxylation is 1. The van der Waals surface area contributed by atoms with E-state index >= 15 is 0 Å². The Morgan fingerprint density at radius 1 is 1.31 bits per heavy atom. The molecule has 0 unspecified atom stereocenters. The minimum atomic E-state index is 0.606. The van der Waals surface area contributed by atoms with Gasteiger partial charge in [0.15, 0.2) is 5.82 Å². The van der Waals surface area contributed by atoms with Gasteiger partial charge < -0.3 is 9.51 Å². The van der Waals surface area contributed by atoms with Gasteiger partial charge in [-0.05, 0) is 11.6 Å². The summed E-state index contributed by atoms with van der Waals surface area (Å²) in [4.78, 5) is 7.43. The number of nitrogens with one attached hydrogen (secondary N) is 1. The molecule has 3 aromatic rings. The van der Waals surface area contributed by atoms with Gasteiger partial charge in [-0.2, -0.15) is 4.98 Å². The van der Waals surface area contributed by atoms with Crippen LogP contribution >= 0.6 is 0 Å². The van der Waals surface area contributed by atoms with Crippen LogP contribution in [0, 0.1) is 6.92 Å². The number of para-hydroxylation sites is 1. The quantitative estimate of drug-likeness (QED) is 0.711. The van der Waals surface area contributed by atoms with Crippen LogP contribution in [0.1, 0.15) is 17.3 Å². The lowest BCUT2D eigenvalue weighted by molar-refractivity contribution is 0.388. The molecule has 0 aliphatic heterocycles. The van der Waals surface area contributed by atoms with Crippen molar-refractivity contribution in [3.63, 3.8) is 0 Å². The van der Waals surface area contributed by atoms with E-state index in [0.29, 0.717) is 12.3 Å². The molecule has 0 saturated heterocycles. The Morgan fingerprint density at radius 3 is 3.00 bits per heavy atom. The highest BCUT2D eigenvalue weighted by atomic mass is 16.5. The molecule has 0 bridgehead atoms. The molecule has 4 nitrogen and oxygen atoms in total. The number of hydrogen-bond donors (Lipinski definition) is 1. The molecule has 2 heterocycles. The SMILES string of the molecule is Cc1nc(Cc2c[nH]c3ccccc23)no1. The van der Waals surface area contributed by atoms with E-state index in [1.807, 2.05) is 18.3 Å². The summed E-state index contributed by atoms with van der Waals surface area (Å²) in [5.41, 5.74) is 2.33. The first-order valence-corrected chi connectivity index (χ1v) is 5.17. The zero-order valence-corrected chi connectivity index (χ0v) is 8.90. The van der Waals surface area contributed by atoms with Crippen molar-refractivity contribution in [1.82, 2.24) is 15.1 Å². The number of aromatic nitrogens is 3. The van der Waals surface area contributed by atoms with E-state index in [1.54, 1.807) is 6.92 Å². The van der Waals surface area contributed by atoms with Crippen molar-refractivity contribution in [2.75, 3.05) is 0 Å². The van der Waals surface area contributed by atoms with Gasteiger partial charge >= 0.3 is 0 Å². The van der Waals surface area contributed by atoms with Crippen LogP contribution in [0.15, 0.2) is 35.0 Å². The minimum Gasteiger partial charge on any atom is -0.361 e. The Labute approximate surface area is 92.3 Å². The lowest BCUT2D eigenvalue weighted by Crippen LogP contribution is -1.89. The topological polar surface area (TPSA) is 54.7 Å². The van der Waals surface area contributed by atoms with Crippen LogP contribution in [0.25, 0.3) is 10.9 Å². The van der Waals surface area contributed by atoms with Gasteiger partial charge in [-0.15, -0.1) is 0 Å². The second-order valence-electron chi connectivity index (χ2n) is 3.77. The highest BCUT2D eigenvalue weighted by Crippen LogP contribution is 2.19. The van der Waals surface area contributed by atoms with Crippen LogP contribution in [-0.4, -0.2) is 15.1 Å². The summed E-state index contributed by atoms with van der Waals surface area (Å²) in [6.07, 6.45) is 2.69. The number of nitrogens with zero attached hydrogens (tertiary/aromatic N) is 2. The molecule has 80 valence electrons. The van der Waals surface area contributed by atoms with Crippen molar-refractivity contribution in [3.8, 4) is 0 Å². The lowest BCUT2D eigenvalue weighted by atomic mass is 10.1. The molecule has 3 rings (SSSR count). The Kier molecular flexibility index (Phi) is 1.99. The summed E-state index contributed by atoms with van der Waals surface area (Å²) in [6.45, 7) is 1.80. The molecule has 0 aliphatic carbocycles. The molecule has 1 aromatic carbocycles. The smallest absolute Gasteiger partial charge is 0.223 e. The number of benzene rings is 1. The van der Waals surface area contributed by atoms with Gasteiger partial charge in [0.05, 0.1) is 0 Å². The third-order valence-corrected chi connectivity index (χ3v) is 2.59. The molecule has 0 saturated carbocycles. The summed E-state index contributed by atoms with van der Waals surface area (Å²) >= 11 is 0. The maximum absolute atomic E-state index is 4.95. The van der Waals surface area contributed by atoms with Crippen molar-refractivity contribution in [2.45, 2.75) is 13.3 Å². The second-order valence-corrected chi connectivity index (χ2v) is 3.77. The van der Waals surface area contributed by atoms with E-state index < -0.39 is 0 Å². The van der Waals surface area contributed by atoms with Gasteiger partial charge in [0, 0.05) is 30.4 Å². The number of rotatable bonds is 2. The second kappa shape index (κ2) is 3.48. The predicted octanol–water partition coefficient (Wildman–Crippen LogP) is 2.45. The number of fused-ring (bicyclic) bond motifs is 1. The molecule has 2 aromatic heterocycles. The van der Waals surface area contributed by atoms with Crippen molar-refractivity contribution in [1.29, 1.82) is 0 Å². The van der Waals surface area contributed by atoms with Gasteiger partial charge in [0.1, 0.15) is 0 Å². The Hall–Kier alpha value is -2.10. The number of hydrogen-bond acceptors (Lipinski definition) is 3. The van der Waals surface area contributed by atoms with Crippen molar-refractivity contribution < 1.29 is 4.52 Å². The van der Waals surface area contributed by atoms with Gasteiger partial charge in [0.25, 0.3) is 0 Å². The molecule has 0 amide bonds. The molecule has 16 heavy (non-hydrogen) atoms. The van der Waals surface area contributed by atoms with E-state index in [4.69, 9.17) is 4.52 Å². The summed E-state index contributed by atoms with van der Waals surface area (Å²) in [6, 6.07) is 8.19. The number of aromatic amines is 1. The average molecular weight is 213 g/mol. The van der Waals surface area contributed by atoms with E-state index in [-0.39, 0.29) is 0 Å². The summed E-state index contributed by atoms with van der Waals surface area (Å²) in [5, 5.41) is 5.11. The predicted molar refractivity (Wildman–Crippen MR) is 60.1 cm³/mol. The van der Waals surface area contributed by atoms with Crippen LogP contribution in [-0.2, 0) is 6.42 Å². The van der Waals surface area contributed by atoms with Gasteiger partial charge in [-0.25, -0.2) is 0 Å². The van der Waals surface area contributed by atoms with Crippen molar-refractivity contribution in [2.24, 2.45) is 0 Å². The lowest BCUT2D eigenvalue weighted by Gasteiger charge is -1.93. The van der Waals surface area contributed by atoms with E-state index in [1.165, 1.54) is 10.9 Å². The van der Waals surface area contributed by atoms with Crippen molar-refractivity contribution in [3.05, 3.63) is 47.7 Å². The monoisotopic (exact) mass is 213 g/mol. The van der Waals surface area contributed by atoms with Gasteiger partial charge in [-0.3, -0.25) is 0 Å². The average Bonchev–Trinajstić information content (AvgIpc) is 2.87. The first kappa shape index (κ1) is 9.15. The molecule has 0 spiro atoms. The molecular formula is C12H11N3O. The fourth-order valence-electron chi connectivity index (χ4n) is 1.86. The largest absolute Gasteiger partial charge is 0.361 e. The molecule has 1 N–H and O–H groups in total. The van der Waals surface area contributed by atoms with Crippen molar-refractivity contribution >= 4 is 10.9 Å².